The zero-order valence-corrected chi connectivity index (χ0v) is 31.0. The van der Waals surface area contributed by atoms with Crippen molar-refractivity contribution in [3.8, 4) is 28.8 Å². The molecule has 4 aromatic heterocycles. The van der Waals surface area contributed by atoms with Gasteiger partial charge in [-0.25, -0.2) is 4.98 Å². The second kappa shape index (κ2) is 11.9. The highest BCUT2D eigenvalue weighted by molar-refractivity contribution is 6.12. The predicted octanol–water partition coefficient (Wildman–Crippen LogP) is 12.3. The Morgan fingerprint density at radius 2 is 1.03 bits per heavy atom. The molecular weight excluding hydrogens is 715 g/mol. The largest absolute Gasteiger partial charge is 0.483 e. The summed E-state index contributed by atoms with van der Waals surface area (Å²) in [6.45, 7) is 0. The Balaban J connectivity index is 1.08. The quantitative estimate of drug-likeness (QED) is 0.179. The molecule has 0 N–H and O–H groups in total. The van der Waals surface area contributed by atoms with E-state index < -0.39 is 0 Å². The first-order chi connectivity index (χ1) is 28.8. The summed E-state index contributed by atoms with van der Waals surface area (Å²) in [6, 6.07) is 54.9. The second-order valence-electron chi connectivity index (χ2n) is 15.0. The Hall–Kier alpha value is -7.77. The van der Waals surface area contributed by atoms with Crippen LogP contribution in [0.3, 0.4) is 0 Å². The van der Waals surface area contributed by atoms with E-state index in [1.807, 2.05) is 24.3 Å². The Kier molecular flexibility index (Phi) is 6.43. The SMILES string of the molecule is C1=CC(c2nc(-c3cccc4c3oc3ccccc34)nc(-n3c4ccccc4c4ccccc43)n2)=C2c3cccc(-n4c5ccccc5c5ccccc54)c3OC2C1. The number of benzene rings is 7. The maximum Gasteiger partial charge on any atom is 0.238 e. The maximum absolute atomic E-state index is 7.02. The van der Waals surface area contributed by atoms with Gasteiger partial charge < -0.3 is 13.7 Å². The molecule has 0 saturated heterocycles. The molecule has 0 radical (unpaired) electrons. The van der Waals surface area contributed by atoms with E-state index in [0.717, 1.165) is 94.9 Å². The molecule has 2 aliphatic rings. The van der Waals surface area contributed by atoms with Gasteiger partial charge in [0.05, 0.1) is 33.3 Å². The number of hydrogen-bond acceptors (Lipinski definition) is 5. The monoisotopic (exact) mass is 745 g/mol. The van der Waals surface area contributed by atoms with Crippen LogP contribution in [0, 0.1) is 0 Å². The van der Waals surface area contributed by atoms with Crippen molar-refractivity contribution in [2.45, 2.75) is 12.5 Å². The van der Waals surface area contributed by atoms with Gasteiger partial charge in [0.1, 0.15) is 17.3 Å². The van der Waals surface area contributed by atoms with Crippen molar-refractivity contribution in [2.75, 3.05) is 0 Å². The molecule has 1 aliphatic carbocycles. The third-order valence-electron chi connectivity index (χ3n) is 11.9. The van der Waals surface area contributed by atoms with E-state index in [1.165, 1.54) is 10.8 Å². The highest BCUT2D eigenvalue weighted by atomic mass is 16.5. The van der Waals surface area contributed by atoms with Crippen molar-refractivity contribution in [1.29, 1.82) is 0 Å². The van der Waals surface area contributed by atoms with Gasteiger partial charge >= 0.3 is 0 Å². The number of rotatable bonds is 4. The molecule has 0 amide bonds. The van der Waals surface area contributed by atoms with E-state index in [9.17, 15) is 0 Å². The lowest BCUT2D eigenvalue weighted by molar-refractivity contribution is 0.279. The first-order valence-corrected chi connectivity index (χ1v) is 19.6. The van der Waals surface area contributed by atoms with Gasteiger partial charge in [-0.05, 0) is 42.5 Å². The molecule has 5 heterocycles. The normalized spacial score (nSPS) is 15.0. The molecule has 58 heavy (non-hydrogen) atoms. The molecule has 1 aliphatic heterocycles. The van der Waals surface area contributed by atoms with E-state index in [2.05, 4.69) is 155 Å². The summed E-state index contributed by atoms with van der Waals surface area (Å²) in [6.07, 6.45) is 4.86. The number of furan rings is 1. The summed E-state index contributed by atoms with van der Waals surface area (Å²) >= 11 is 0. The minimum Gasteiger partial charge on any atom is -0.483 e. The second-order valence-corrected chi connectivity index (χ2v) is 15.0. The van der Waals surface area contributed by atoms with Gasteiger partial charge in [-0.15, -0.1) is 0 Å². The van der Waals surface area contributed by atoms with E-state index in [-0.39, 0.29) is 6.10 Å². The average Bonchev–Trinajstić information content (AvgIpc) is 4.04. The summed E-state index contributed by atoms with van der Waals surface area (Å²) in [4.78, 5) is 16.0. The Bertz CT molecular complexity index is 3500. The lowest BCUT2D eigenvalue weighted by Crippen LogP contribution is -2.16. The minimum atomic E-state index is -0.208. The maximum atomic E-state index is 7.02. The topological polar surface area (TPSA) is 70.9 Å². The van der Waals surface area contributed by atoms with Crippen molar-refractivity contribution in [3.63, 3.8) is 0 Å². The number of hydrogen-bond donors (Lipinski definition) is 0. The molecule has 7 nitrogen and oxygen atoms in total. The first-order valence-electron chi connectivity index (χ1n) is 19.6. The van der Waals surface area contributed by atoms with Gasteiger partial charge in [0.2, 0.25) is 5.95 Å². The summed E-state index contributed by atoms with van der Waals surface area (Å²) in [5.41, 5.74) is 10.7. The number of para-hydroxylation sites is 7. The zero-order chi connectivity index (χ0) is 37.9. The Morgan fingerprint density at radius 1 is 0.483 bits per heavy atom. The van der Waals surface area contributed by atoms with Gasteiger partial charge in [0.15, 0.2) is 17.4 Å². The summed E-state index contributed by atoms with van der Waals surface area (Å²) in [7, 11) is 0. The van der Waals surface area contributed by atoms with Crippen LogP contribution in [-0.2, 0) is 0 Å². The van der Waals surface area contributed by atoms with Crippen molar-refractivity contribution in [1.82, 2.24) is 24.1 Å². The van der Waals surface area contributed by atoms with E-state index in [4.69, 9.17) is 24.1 Å². The zero-order valence-electron chi connectivity index (χ0n) is 31.0. The molecule has 7 aromatic carbocycles. The van der Waals surface area contributed by atoms with Crippen LogP contribution in [0.25, 0.3) is 99.7 Å². The van der Waals surface area contributed by atoms with Gasteiger partial charge in [0.25, 0.3) is 0 Å². The van der Waals surface area contributed by atoms with E-state index in [0.29, 0.717) is 17.6 Å². The van der Waals surface area contributed by atoms with Crippen molar-refractivity contribution in [3.05, 3.63) is 181 Å². The van der Waals surface area contributed by atoms with Crippen LogP contribution < -0.4 is 4.74 Å². The third kappa shape index (κ3) is 4.35. The molecule has 13 rings (SSSR count). The summed E-state index contributed by atoms with van der Waals surface area (Å²) in [5, 5.41) is 6.76. The van der Waals surface area contributed by atoms with Gasteiger partial charge in [-0.1, -0.05) is 127 Å². The fourth-order valence-corrected chi connectivity index (χ4v) is 9.44. The van der Waals surface area contributed by atoms with Crippen molar-refractivity contribution < 1.29 is 9.15 Å². The van der Waals surface area contributed by atoms with Crippen LogP contribution >= 0.6 is 0 Å². The van der Waals surface area contributed by atoms with Crippen molar-refractivity contribution >= 4 is 76.7 Å². The predicted molar refractivity (Wildman–Crippen MR) is 233 cm³/mol. The lowest BCUT2D eigenvalue weighted by Gasteiger charge is -2.19. The highest BCUT2D eigenvalue weighted by Crippen LogP contribution is 2.49. The average molecular weight is 746 g/mol. The number of aromatic nitrogens is 5. The molecule has 0 saturated carbocycles. The molecule has 0 spiro atoms. The number of nitrogens with zero attached hydrogens (tertiary/aromatic N) is 5. The number of ether oxygens (including phenoxy) is 1. The minimum absolute atomic E-state index is 0.208. The van der Waals surface area contributed by atoms with Gasteiger partial charge in [-0.3, -0.25) is 4.57 Å². The number of fused-ring (bicyclic) bond motifs is 12. The fraction of sp³-hybridized carbons (Fsp3) is 0.0392. The van der Waals surface area contributed by atoms with Crippen molar-refractivity contribution in [2.24, 2.45) is 0 Å². The Morgan fingerprint density at radius 3 is 1.72 bits per heavy atom. The summed E-state index contributed by atoms with van der Waals surface area (Å²) < 4.78 is 18.1. The number of allylic oxidation sites excluding steroid dienone is 2. The summed E-state index contributed by atoms with van der Waals surface area (Å²) in [5.74, 6) is 2.50. The van der Waals surface area contributed by atoms with Crippen LogP contribution in [0.2, 0.25) is 0 Å². The van der Waals surface area contributed by atoms with Crippen LogP contribution in [0.5, 0.6) is 5.75 Å². The van der Waals surface area contributed by atoms with Crippen LogP contribution in [0.1, 0.15) is 17.8 Å². The van der Waals surface area contributed by atoms with E-state index in [1.54, 1.807) is 0 Å². The fourth-order valence-electron chi connectivity index (χ4n) is 9.44. The molecule has 272 valence electrons. The molecule has 0 fully saturated rings. The molecule has 1 unspecified atom stereocenters. The van der Waals surface area contributed by atoms with Crippen LogP contribution in [0.15, 0.2) is 174 Å². The molecule has 1 atom stereocenters. The van der Waals surface area contributed by atoms with Crippen LogP contribution in [-0.4, -0.2) is 30.2 Å². The van der Waals surface area contributed by atoms with E-state index >= 15 is 0 Å². The molecule has 0 bridgehead atoms. The first kappa shape index (κ1) is 31.4. The van der Waals surface area contributed by atoms with Gasteiger partial charge in [0, 0.05) is 55.4 Å². The van der Waals surface area contributed by atoms with Gasteiger partial charge in [-0.2, -0.15) is 9.97 Å². The molecular formula is C51H31N5O2. The highest BCUT2D eigenvalue weighted by Gasteiger charge is 2.36. The molecule has 7 heteroatoms. The van der Waals surface area contributed by atoms with Crippen LogP contribution in [0.4, 0.5) is 0 Å². The standard InChI is InChI=1S/C51H31N5O2/c1-6-23-39-30(14-1)31-15-2-7-24-40(31)55(39)43-27-12-20-36-46-37(21-13-29-45(46)58-48(36)43)49-52-50(38-22-11-19-35-34-18-5-10-28-44(34)57-47(35)38)54-51(53-49)56-41-25-8-3-16-32(41)33-17-4-9-26-42(33)56/h1-28,45H,29H2. The Labute approximate surface area is 331 Å². The smallest absolute Gasteiger partial charge is 0.238 e. The molecule has 11 aromatic rings. The third-order valence-corrected chi connectivity index (χ3v) is 11.9. The lowest BCUT2D eigenvalue weighted by atomic mass is 9.90.